The first kappa shape index (κ1) is 11.8. The maximum atomic E-state index is 13.5. The maximum absolute atomic E-state index is 13.5. The Morgan fingerprint density at radius 3 is 2.73 bits per heavy atom. The van der Waals surface area contributed by atoms with Gasteiger partial charge in [0, 0.05) is 6.07 Å². The van der Waals surface area contributed by atoms with Gasteiger partial charge in [-0.2, -0.15) is 0 Å². The number of halogens is 1. The van der Waals surface area contributed by atoms with Crippen molar-refractivity contribution >= 4 is 0 Å². The van der Waals surface area contributed by atoms with E-state index in [0.29, 0.717) is 18.5 Å². The van der Waals surface area contributed by atoms with E-state index in [-0.39, 0.29) is 17.4 Å². The topological polar surface area (TPSA) is 55.5 Å². The van der Waals surface area contributed by atoms with E-state index in [0.717, 1.165) is 6.07 Å². The summed E-state index contributed by atoms with van der Waals surface area (Å²) in [7, 11) is 1.43. The lowest BCUT2D eigenvalue weighted by atomic mass is 9.97. The number of aromatic hydroxyl groups is 1. The largest absolute Gasteiger partial charge is 0.504 e. The fraction of sp³-hybridized carbons (Fsp3) is 0.455. The minimum Gasteiger partial charge on any atom is -0.504 e. The fourth-order valence-electron chi connectivity index (χ4n) is 1.51. The lowest BCUT2D eigenvalue weighted by Crippen LogP contribution is -2.06. The van der Waals surface area contributed by atoms with Crippen LogP contribution in [0, 0.1) is 5.82 Å². The summed E-state index contributed by atoms with van der Waals surface area (Å²) in [4.78, 5) is 0. The minimum atomic E-state index is -0.422. The van der Waals surface area contributed by atoms with E-state index >= 15 is 0 Å². The summed E-state index contributed by atoms with van der Waals surface area (Å²) in [5.74, 6) is -0.298. The molecule has 3 nitrogen and oxygen atoms in total. The minimum absolute atomic E-state index is 0.0181. The van der Waals surface area contributed by atoms with Gasteiger partial charge in [-0.3, -0.25) is 0 Å². The van der Waals surface area contributed by atoms with Gasteiger partial charge in [0.15, 0.2) is 11.5 Å². The van der Waals surface area contributed by atoms with Crippen LogP contribution in [-0.4, -0.2) is 18.8 Å². The Hall–Kier alpha value is -1.29. The van der Waals surface area contributed by atoms with Crippen molar-refractivity contribution in [2.45, 2.75) is 19.3 Å². The molecule has 0 aliphatic rings. The van der Waals surface area contributed by atoms with Crippen molar-refractivity contribution in [3.63, 3.8) is 0 Å². The average molecular weight is 213 g/mol. The van der Waals surface area contributed by atoms with Crippen LogP contribution in [0.1, 0.15) is 24.8 Å². The van der Waals surface area contributed by atoms with Crippen LogP contribution >= 0.6 is 0 Å². The third kappa shape index (κ3) is 2.59. The predicted octanol–water partition coefficient (Wildman–Crippen LogP) is 1.99. The molecule has 1 atom stereocenters. The second-order valence-electron chi connectivity index (χ2n) is 3.52. The van der Waals surface area contributed by atoms with Crippen LogP contribution in [0.15, 0.2) is 12.1 Å². The molecule has 0 saturated heterocycles. The standard InChI is InChI=1S/C11H16FNO2/c1-7(3-4-13)8-5-11(15-2)10(14)6-9(8)12/h5-7,14H,3-4,13H2,1-2H3. The SMILES string of the molecule is COc1cc(C(C)CCN)c(F)cc1O. The molecule has 0 aliphatic carbocycles. The zero-order valence-corrected chi connectivity index (χ0v) is 8.96. The van der Waals surface area contributed by atoms with Gasteiger partial charge in [0.2, 0.25) is 0 Å². The molecule has 0 radical (unpaired) electrons. The number of phenolic OH excluding ortho intramolecular Hbond substituents is 1. The van der Waals surface area contributed by atoms with Crippen LogP contribution < -0.4 is 10.5 Å². The number of methoxy groups -OCH3 is 1. The van der Waals surface area contributed by atoms with Crippen LogP contribution in [0.5, 0.6) is 11.5 Å². The molecule has 0 heterocycles. The number of rotatable bonds is 4. The molecule has 15 heavy (non-hydrogen) atoms. The molecule has 0 aromatic heterocycles. The van der Waals surface area contributed by atoms with Crippen LogP contribution in [-0.2, 0) is 0 Å². The third-order valence-electron chi connectivity index (χ3n) is 2.43. The van der Waals surface area contributed by atoms with Crippen molar-refractivity contribution in [2.75, 3.05) is 13.7 Å². The van der Waals surface area contributed by atoms with E-state index in [1.165, 1.54) is 13.2 Å². The molecule has 0 saturated carbocycles. The summed E-state index contributed by atoms with van der Waals surface area (Å²) in [5.41, 5.74) is 5.94. The fourth-order valence-corrected chi connectivity index (χ4v) is 1.51. The van der Waals surface area contributed by atoms with E-state index in [1.807, 2.05) is 6.92 Å². The van der Waals surface area contributed by atoms with Gasteiger partial charge in [0.25, 0.3) is 0 Å². The number of benzene rings is 1. The van der Waals surface area contributed by atoms with E-state index in [4.69, 9.17) is 10.5 Å². The molecule has 0 bridgehead atoms. The molecule has 1 unspecified atom stereocenters. The lowest BCUT2D eigenvalue weighted by molar-refractivity contribution is 0.369. The number of nitrogens with two attached hydrogens (primary N) is 1. The number of phenols is 1. The highest BCUT2D eigenvalue weighted by Crippen LogP contribution is 2.32. The van der Waals surface area contributed by atoms with Crippen LogP contribution in [0.25, 0.3) is 0 Å². The first-order valence-electron chi connectivity index (χ1n) is 4.86. The van der Waals surface area contributed by atoms with E-state index in [9.17, 15) is 9.50 Å². The number of ether oxygens (including phenoxy) is 1. The van der Waals surface area contributed by atoms with Gasteiger partial charge in [-0.05, 0) is 30.5 Å². The Morgan fingerprint density at radius 2 is 2.20 bits per heavy atom. The van der Waals surface area contributed by atoms with Gasteiger partial charge >= 0.3 is 0 Å². The summed E-state index contributed by atoms with van der Waals surface area (Å²) in [5, 5.41) is 9.34. The van der Waals surface area contributed by atoms with Gasteiger partial charge in [0.05, 0.1) is 7.11 Å². The van der Waals surface area contributed by atoms with Crippen molar-refractivity contribution in [1.82, 2.24) is 0 Å². The highest BCUT2D eigenvalue weighted by Gasteiger charge is 2.14. The quantitative estimate of drug-likeness (QED) is 0.804. The molecule has 0 fully saturated rings. The zero-order valence-electron chi connectivity index (χ0n) is 8.96. The second kappa shape index (κ2) is 4.98. The number of hydrogen-bond acceptors (Lipinski definition) is 3. The van der Waals surface area contributed by atoms with Gasteiger partial charge in [-0.25, -0.2) is 4.39 Å². The molecule has 1 aromatic rings. The molecule has 3 N–H and O–H groups in total. The first-order valence-corrected chi connectivity index (χ1v) is 4.86. The van der Waals surface area contributed by atoms with Crippen LogP contribution in [0.3, 0.4) is 0 Å². The molecular formula is C11H16FNO2. The highest BCUT2D eigenvalue weighted by molar-refractivity contribution is 5.43. The number of hydrogen-bond donors (Lipinski definition) is 2. The van der Waals surface area contributed by atoms with Crippen molar-refractivity contribution < 1.29 is 14.2 Å². The van der Waals surface area contributed by atoms with Crippen molar-refractivity contribution in [3.8, 4) is 11.5 Å². The molecule has 1 aromatic carbocycles. The van der Waals surface area contributed by atoms with Crippen molar-refractivity contribution in [1.29, 1.82) is 0 Å². The molecule has 0 amide bonds. The van der Waals surface area contributed by atoms with Crippen molar-refractivity contribution in [3.05, 3.63) is 23.5 Å². The molecule has 0 spiro atoms. The van der Waals surface area contributed by atoms with Gasteiger partial charge in [0.1, 0.15) is 5.82 Å². The summed E-state index contributed by atoms with van der Waals surface area (Å²) >= 11 is 0. The Morgan fingerprint density at radius 1 is 1.53 bits per heavy atom. The normalized spacial score (nSPS) is 12.5. The summed E-state index contributed by atoms with van der Waals surface area (Å²) in [6, 6.07) is 2.59. The molecule has 84 valence electrons. The highest BCUT2D eigenvalue weighted by atomic mass is 19.1. The Labute approximate surface area is 88.7 Å². The van der Waals surface area contributed by atoms with Crippen molar-refractivity contribution in [2.24, 2.45) is 5.73 Å². The van der Waals surface area contributed by atoms with E-state index in [2.05, 4.69) is 0 Å². The maximum Gasteiger partial charge on any atom is 0.160 e. The molecule has 1 rings (SSSR count). The molecular weight excluding hydrogens is 197 g/mol. The summed E-state index contributed by atoms with van der Waals surface area (Å²) < 4.78 is 18.4. The monoisotopic (exact) mass is 213 g/mol. The average Bonchev–Trinajstić information content (AvgIpc) is 2.18. The summed E-state index contributed by atoms with van der Waals surface area (Å²) in [6.45, 7) is 2.39. The second-order valence-corrected chi connectivity index (χ2v) is 3.52. The third-order valence-corrected chi connectivity index (χ3v) is 2.43. The lowest BCUT2D eigenvalue weighted by Gasteiger charge is -2.13. The van der Waals surface area contributed by atoms with E-state index in [1.54, 1.807) is 0 Å². The van der Waals surface area contributed by atoms with Gasteiger partial charge in [-0.1, -0.05) is 6.92 Å². The van der Waals surface area contributed by atoms with Gasteiger partial charge < -0.3 is 15.6 Å². The smallest absolute Gasteiger partial charge is 0.160 e. The zero-order chi connectivity index (χ0) is 11.4. The van der Waals surface area contributed by atoms with Crippen LogP contribution in [0.2, 0.25) is 0 Å². The first-order chi connectivity index (χ1) is 7.10. The Kier molecular flexibility index (Phi) is 3.91. The molecule has 0 aliphatic heterocycles. The van der Waals surface area contributed by atoms with E-state index < -0.39 is 5.82 Å². The van der Waals surface area contributed by atoms with Gasteiger partial charge in [-0.15, -0.1) is 0 Å². The predicted molar refractivity (Wildman–Crippen MR) is 56.7 cm³/mol. The summed E-state index contributed by atoms with van der Waals surface area (Å²) in [6.07, 6.45) is 0.699. The van der Waals surface area contributed by atoms with Crippen LogP contribution in [0.4, 0.5) is 4.39 Å². The Bertz CT molecular complexity index is 342. The molecule has 4 heteroatoms. The Balaban J connectivity index is 3.06.